The van der Waals surface area contributed by atoms with Crippen molar-refractivity contribution in [3.05, 3.63) is 53.6 Å². The van der Waals surface area contributed by atoms with E-state index in [0.29, 0.717) is 5.69 Å². The second kappa shape index (κ2) is 6.24. The lowest BCUT2D eigenvalue weighted by Gasteiger charge is -2.18. The zero-order chi connectivity index (χ0) is 17.4. The topological polar surface area (TPSA) is 61.4 Å². The van der Waals surface area contributed by atoms with E-state index < -0.39 is 0 Å². The van der Waals surface area contributed by atoms with Crippen molar-refractivity contribution in [3.8, 4) is 0 Å². The van der Waals surface area contributed by atoms with Gasteiger partial charge in [-0.15, -0.1) is 0 Å². The molecule has 2 aromatic carbocycles. The van der Waals surface area contributed by atoms with Crippen molar-refractivity contribution >= 4 is 29.0 Å². The molecule has 0 bridgehead atoms. The molecule has 128 valence electrons. The van der Waals surface area contributed by atoms with Crippen LogP contribution in [-0.2, 0) is 11.2 Å². The van der Waals surface area contributed by atoms with E-state index in [1.165, 1.54) is 5.56 Å². The number of rotatable bonds is 3. The molecule has 5 nitrogen and oxygen atoms in total. The van der Waals surface area contributed by atoms with Gasteiger partial charge in [0.15, 0.2) is 0 Å². The number of fused-ring (bicyclic) bond motifs is 1. The van der Waals surface area contributed by atoms with Gasteiger partial charge in [0.1, 0.15) is 0 Å². The molecule has 5 heteroatoms. The van der Waals surface area contributed by atoms with Gasteiger partial charge in [-0.2, -0.15) is 0 Å². The molecule has 25 heavy (non-hydrogen) atoms. The van der Waals surface area contributed by atoms with Crippen molar-refractivity contribution in [3.63, 3.8) is 0 Å². The van der Waals surface area contributed by atoms with E-state index >= 15 is 0 Å². The molecule has 0 radical (unpaired) electrons. The van der Waals surface area contributed by atoms with Crippen molar-refractivity contribution in [2.45, 2.75) is 26.2 Å². The molecule has 0 spiro atoms. The van der Waals surface area contributed by atoms with Gasteiger partial charge in [0.05, 0.1) is 0 Å². The summed E-state index contributed by atoms with van der Waals surface area (Å²) < 4.78 is 0. The van der Waals surface area contributed by atoms with Crippen LogP contribution in [0.25, 0.3) is 0 Å². The highest BCUT2D eigenvalue weighted by Gasteiger charge is 2.36. The molecule has 2 aromatic rings. The first-order valence-electron chi connectivity index (χ1n) is 8.69. The predicted molar refractivity (Wildman–Crippen MR) is 99.0 cm³/mol. The molecule has 3 amide bonds. The second-order valence-electron chi connectivity index (χ2n) is 6.81. The summed E-state index contributed by atoms with van der Waals surface area (Å²) in [5, 5.41) is 5.69. The summed E-state index contributed by atoms with van der Waals surface area (Å²) in [5.41, 5.74) is 4.64. The number of nitrogens with zero attached hydrogens (tertiary/aromatic N) is 1. The Kier molecular flexibility index (Phi) is 3.92. The average molecular weight is 335 g/mol. The van der Waals surface area contributed by atoms with E-state index in [1.54, 1.807) is 0 Å². The Labute approximate surface area is 147 Å². The van der Waals surface area contributed by atoms with E-state index in [4.69, 9.17) is 0 Å². The van der Waals surface area contributed by atoms with E-state index in [1.807, 2.05) is 54.3 Å². The molecule has 0 atom stereocenters. The van der Waals surface area contributed by atoms with Gasteiger partial charge in [-0.25, -0.2) is 4.79 Å². The first kappa shape index (κ1) is 15.7. The van der Waals surface area contributed by atoms with Crippen molar-refractivity contribution < 1.29 is 9.59 Å². The summed E-state index contributed by atoms with van der Waals surface area (Å²) in [6.45, 7) is 2.72. The Morgan fingerprint density at radius 1 is 1.04 bits per heavy atom. The molecule has 2 aliphatic rings. The van der Waals surface area contributed by atoms with Gasteiger partial charge >= 0.3 is 6.03 Å². The monoisotopic (exact) mass is 335 g/mol. The number of aryl methyl sites for hydroxylation is 1. The highest BCUT2D eigenvalue weighted by molar-refractivity contribution is 6.02. The van der Waals surface area contributed by atoms with Gasteiger partial charge in [-0.1, -0.05) is 18.2 Å². The third-order valence-electron chi connectivity index (χ3n) is 4.71. The molecule has 0 unspecified atom stereocenters. The SMILES string of the molecule is Cc1cccc(NC(=O)Nc2ccc3c(c2)N(C(=O)C2CC2)CC3)c1. The molecule has 1 saturated carbocycles. The predicted octanol–water partition coefficient (Wildman–Crippen LogP) is 3.94. The fourth-order valence-electron chi connectivity index (χ4n) is 3.25. The molecule has 1 aliphatic heterocycles. The highest BCUT2D eigenvalue weighted by Crippen LogP contribution is 2.37. The maximum absolute atomic E-state index is 12.4. The molecule has 0 saturated heterocycles. The minimum Gasteiger partial charge on any atom is -0.312 e. The quantitative estimate of drug-likeness (QED) is 0.892. The zero-order valence-electron chi connectivity index (χ0n) is 14.2. The van der Waals surface area contributed by atoms with Crippen molar-refractivity contribution in [1.29, 1.82) is 0 Å². The van der Waals surface area contributed by atoms with Gasteiger partial charge in [0.25, 0.3) is 0 Å². The normalized spacial score (nSPS) is 15.6. The number of carbonyl (C=O) groups is 2. The fourth-order valence-corrected chi connectivity index (χ4v) is 3.25. The number of amides is 3. The Balaban J connectivity index is 1.47. The van der Waals surface area contributed by atoms with Gasteiger partial charge < -0.3 is 15.5 Å². The summed E-state index contributed by atoms with van der Waals surface area (Å²) in [4.78, 5) is 26.5. The van der Waals surface area contributed by atoms with Gasteiger partial charge in [-0.05, 0) is 61.6 Å². The Hall–Kier alpha value is -2.82. The van der Waals surface area contributed by atoms with Crippen molar-refractivity contribution in [1.82, 2.24) is 0 Å². The Bertz CT molecular complexity index is 843. The van der Waals surface area contributed by atoms with Crippen LogP contribution < -0.4 is 15.5 Å². The number of nitrogens with one attached hydrogen (secondary N) is 2. The Morgan fingerprint density at radius 2 is 1.80 bits per heavy atom. The van der Waals surface area contributed by atoms with Crippen molar-refractivity contribution in [2.75, 3.05) is 22.1 Å². The van der Waals surface area contributed by atoms with E-state index in [0.717, 1.165) is 42.7 Å². The lowest BCUT2D eigenvalue weighted by Crippen LogP contribution is -2.30. The smallest absolute Gasteiger partial charge is 0.312 e. The standard InChI is InChI=1S/C20H21N3O2/c1-13-3-2-4-16(11-13)21-20(25)22-17-8-7-14-9-10-23(18(14)12-17)19(24)15-5-6-15/h2-4,7-8,11-12,15H,5-6,9-10H2,1H3,(H2,21,22,25). The summed E-state index contributed by atoms with van der Waals surface area (Å²) >= 11 is 0. The van der Waals surface area contributed by atoms with Crippen LogP contribution in [0.4, 0.5) is 21.9 Å². The first-order chi connectivity index (χ1) is 12.1. The number of carbonyl (C=O) groups excluding carboxylic acids is 2. The molecule has 1 aliphatic carbocycles. The van der Waals surface area contributed by atoms with E-state index in [-0.39, 0.29) is 17.9 Å². The third kappa shape index (κ3) is 3.36. The average Bonchev–Trinajstić information content (AvgIpc) is 3.34. The number of anilines is 3. The van der Waals surface area contributed by atoms with Crippen LogP contribution in [0.2, 0.25) is 0 Å². The van der Waals surface area contributed by atoms with E-state index in [2.05, 4.69) is 10.6 Å². The van der Waals surface area contributed by atoms with Crippen LogP contribution in [-0.4, -0.2) is 18.5 Å². The summed E-state index contributed by atoms with van der Waals surface area (Å²) in [6, 6.07) is 13.2. The minimum absolute atomic E-state index is 0.201. The van der Waals surface area contributed by atoms with Crippen LogP contribution >= 0.6 is 0 Å². The lowest BCUT2D eigenvalue weighted by molar-refractivity contribution is -0.119. The Morgan fingerprint density at radius 3 is 2.52 bits per heavy atom. The fraction of sp³-hybridized carbons (Fsp3) is 0.300. The number of urea groups is 1. The molecule has 2 N–H and O–H groups in total. The van der Waals surface area contributed by atoms with Crippen molar-refractivity contribution in [2.24, 2.45) is 5.92 Å². The van der Waals surface area contributed by atoms with Crippen LogP contribution in [0.3, 0.4) is 0 Å². The molecule has 4 rings (SSSR count). The summed E-state index contributed by atoms with van der Waals surface area (Å²) in [7, 11) is 0. The minimum atomic E-state index is -0.288. The van der Waals surface area contributed by atoms with Crippen LogP contribution in [0.1, 0.15) is 24.0 Å². The molecule has 0 aromatic heterocycles. The number of hydrogen-bond acceptors (Lipinski definition) is 2. The van der Waals surface area contributed by atoms with Gasteiger partial charge in [0, 0.05) is 29.5 Å². The molecule has 1 heterocycles. The van der Waals surface area contributed by atoms with Crippen LogP contribution in [0, 0.1) is 12.8 Å². The van der Waals surface area contributed by atoms with E-state index in [9.17, 15) is 9.59 Å². The van der Waals surface area contributed by atoms with Gasteiger partial charge in [-0.3, -0.25) is 4.79 Å². The molecular weight excluding hydrogens is 314 g/mol. The number of hydrogen-bond donors (Lipinski definition) is 2. The third-order valence-corrected chi connectivity index (χ3v) is 4.71. The zero-order valence-corrected chi connectivity index (χ0v) is 14.2. The van der Waals surface area contributed by atoms with Crippen LogP contribution in [0.15, 0.2) is 42.5 Å². The maximum atomic E-state index is 12.4. The summed E-state index contributed by atoms with van der Waals surface area (Å²) in [6.07, 6.45) is 2.88. The highest BCUT2D eigenvalue weighted by atomic mass is 16.2. The molecular formula is C20H21N3O2. The largest absolute Gasteiger partial charge is 0.323 e. The number of benzene rings is 2. The lowest BCUT2D eigenvalue weighted by atomic mass is 10.1. The second-order valence-corrected chi connectivity index (χ2v) is 6.81. The molecule has 1 fully saturated rings. The van der Waals surface area contributed by atoms with Crippen LogP contribution in [0.5, 0.6) is 0 Å². The summed E-state index contributed by atoms with van der Waals surface area (Å²) in [5.74, 6) is 0.423. The maximum Gasteiger partial charge on any atom is 0.323 e. The first-order valence-corrected chi connectivity index (χ1v) is 8.69. The van der Waals surface area contributed by atoms with Gasteiger partial charge in [0.2, 0.25) is 5.91 Å².